The largest absolute Gasteiger partial charge is 0.496 e. The second kappa shape index (κ2) is 5.40. The molecule has 0 aliphatic rings. The van der Waals surface area contributed by atoms with Gasteiger partial charge in [0.1, 0.15) is 11.8 Å². The summed E-state index contributed by atoms with van der Waals surface area (Å²) < 4.78 is 10.3. The highest BCUT2D eigenvalue weighted by atomic mass is 16.5. The summed E-state index contributed by atoms with van der Waals surface area (Å²) in [6.45, 7) is 1.97. The first-order valence-electron chi connectivity index (χ1n) is 5.78. The van der Waals surface area contributed by atoms with Crippen molar-refractivity contribution in [1.82, 2.24) is 4.98 Å². The number of benzene rings is 1. The molecule has 4 nitrogen and oxygen atoms in total. The third-order valence-corrected chi connectivity index (χ3v) is 2.90. The van der Waals surface area contributed by atoms with E-state index in [0.717, 1.165) is 22.6 Å². The molecule has 0 radical (unpaired) electrons. The molecule has 96 valence electrons. The average molecular weight is 254 g/mol. The Hall–Kier alpha value is -2.54. The highest BCUT2D eigenvalue weighted by molar-refractivity contribution is 5.64. The third-order valence-electron chi connectivity index (χ3n) is 2.90. The van der Waals surface area contributed by atoms with E-state index in [1.54, 1.807) is 19.4 Å². The van der Waals surface area contributed by atoms with Gasteiger partial charge in [0.05, 0.1) is 31.7 Å². The van der Waals surface area contributed by atoms with Crippen LogP contribution in [0, 0.1) is 18.3 Å². The fourth-order valence-electron chi connectivity index (χ4n) is 1.89. The summed E-state index contributed by atoms with van der Waals surface area (Å²) in [4.78, 5) is 4.31. The highest BCUT2D eigenvalue weighted by Gasteiger charge is 2.08. The number of rotatable bonds is 3. The van der Waals surface area contributed by atoms with Gasteiger partial charge in [-0.25, -0.2) is 0 Å². The van der Waals surface area contributed by atoms with Crippen molar-refractivity contribution in [3.8, 4) is 28.8 Å². The molecule has 1 heterocycles. The van der Waals surface area contributed by atoms with Crippen molar-refractivity contribution in [2.24, 2.45) is 0 Å². The van der Waals surface area contributed by atoms with Crippen molar-refractivity contribution in [1.29, 1.82) is 5.26 Å². The van der Waals surface area contributed by atoms with E-state index >= 15 is 0 Å². The van der Waals surface area contributed by atoms with Crippen LogP contribution in [-0.2, 0) is 0 Å². The second-order valence-electron chi connectivity index (χ2n) is 4.07. The topological polar surface area (TPSA) is 55.1 Å². The minimum absolute atomic E-state index is 0.473. The van der Waals surface area contributed by atoms with Crippen LogP contribution in [0.1, 0.15) is 11.1 Å². The number of ether oxygens (including phenoxy) is 2. The molecule has 0 unspecified atom stereocenters. The standard InChI is InChI=1S/C15H14N2O2/c1-10-6-11(4-5-14(10)18-2)13-7-12(8-16)15(19-3)9-17-13/h4-7,9H,1-3H3. The van der Waals surface area contributed by atoms with Crippen molar-refractivity contribution in [3.05, 3.63) is 41.6 Å². The SMILES string of the molecule is COc1ccc(-c2cc(C#N)c(OC)cn2)cc1C. The number of hydrogen-bond donors (Lipinski definition) is 0. The number of aromatic nitrogens is 1. The first-order valence-corrected chi connectivity index (χ1v) is 5.78. The van der Waals surface area contributed by atoms with Gasteiger partial charge in [0.2, 0.25) is 0 Å². The lowest BCUT2D eigenvalue weighted by molar-refractivity contribution is 0.411. The lowest BCUT2D eigenvalue weighted by Crippen LogP contribution is -1.93. The Morgan fingerprint density at radius 3 is 2.42 bits per heavy atom. The molecule has 0 saturated heterocycles. The van der Waals surface area contributed by atoms with Gasteiger partial charge in [0, 0.05) is 5.56 Å². The van der Waals surface area contributed by atoms with E-state index in [0.29, 0.717) is 11.3 Å². The Morgan fingerprint density at radius 2 is 1.84 bits per heavy atom. The van der Waals surface area contributed by atoms with Crippen LogP contribution in [0.15, 0.2) is 30.5 Å². The maximum Gasteiger partial charge on any atom is 0.154 e. The fraction of sp³-hybridized carbons (Fsp3) is 0.200. The van der Waals surface area contributed by atoms with Crippen molar-refractivity contribution < 1.29 is 9.47 Å². The van der Waals surface area contributed by atoms with Gasteiger partial charge in [-0.05, 0) is 36.8 Å². The summed E-state index contributed by atoms with van der Waals surface area (Å²) in [5.74, 6) is 1.31. The number of nitrogens with zero attached hydrogens (tertiary/aromatic N) is 2. The highest BCUT2D eigenvalue weighted by Crippen LogP contribution is 2.27. The zero-order valence-electron chi connectivity index (χ0n) is 11.1. The molecule has 1 aromatic carbocycles. The van der Waals surface area contributed by atoms with Gasteiger partial charge in [-0.3, -0.25) is 4.98 Å². The monoisotopic (exact) mass is 254 g/mol. The summed E-state index contributed by atoms with van der Waals surface area (Å²) in [6, 6.07) is 9.62. The smallest absolute Gasteiger partial charge is 0.154 e. The second-order valence-corrected chi connectivity index (χ2v) is 4.07. The molecule has 0 bridgehead atoms. The molecule has 0 amide bonds. The van der Waals surface area contributed by atoms with Gasteiger partial charge in [0.25, 0.3) is 0 Å². The summed E-state index contributed by atoms with van der Waals surface area (Å²) in [5, 5.41) is 9.08. The first-order chi connectivity index (χ1) is 9.19. The van der Waals surface area contributed by atoms with E-state index in [9.17, 15) is 0 Å². The minimum atomic E-state index is 0.473. The van der Waals surface area contributed by atoms with Crippen LogP contribution in [0.2, 0.25) is 0 Å². The van der Waals surface area contributed by atoms with Crippen LogP contribution in [0.3, 0.4) is 0 Å². The molecule has 0 N–H and O–H groups in total. The molecule has 0 aliphatic carbocycles. The minimum Gasteiger partial charge on any atom is -0.496 e. The number of methoxy groups -OCH3 is 2. The molecular weight excluding hydrogens is 240 g/mol. The quantitative estimate of drug-likeness (QED) is 0.845. The molecule has 0 aliphatic heterocycles. The third kappa shape index (κ3) is 2.50. The normalized spacial score (nSPS) is 9.79. The maximum atomic E-state index is 9.08. The molecule has 0 atom stereocenters. The van der Waals surface area contributed by atoms with E-state index in [-0.39, 0.29) is 0 Å². The molecule has 19 heavy (non-hydrogen) atoms. The van der Waals surface area contributed by atoms with E-state index < -0.39 is 0 Å². The molecule has 0 spiro atoms. The number of hydrogen-bond acceptors (Lipinski definition) is 4. The lowest BCUT2D eigenvalue weighted by atomic mass is 10.1. The predicted octanol–water partition coefficient (Wildman–Crippen LogP) is 2.95. The van der Waals surface area contributed by atoms with Gasteiger partial charge in [0.15, 0.2) is 5.75 Å². The van der Waals surface area contributed by atoms with E-state index in [1.807, 2.05) is 25.1 Å². The van der Waals surface area contributed by atoms with E-state index in [2.05, 4.69) is 11.1 Å². The molecule has 2 aromatic rings. The number of aryl methyl sites for hydroxylation is 1. The Labute approximate surface area is 112 Å². The Kier molecular flexibility index (Phi) is 3.67. The number of nitriles is 1. The van der Waals surface area contributed by atoms with Crippen LogP contribution in [0.4, 0.5) is 0 Å². The van der Waals surface area contributed by atoms with Crippen molar-refractivity contribution in [2.45, 2.75) is 6.92 Å². The Balaban J connectivity index is 2.48. The average Bonchev–Trinajstić information content (AvgIpc) is 2.46. The van der Waals surface area contributed by atoms with Crippen molar-refractivity contribution in [2.75, 3.05) is 14.2 Å². The van der Waals surface area contributed by atoms with Crippen LogP contribution >= 0.6 is 0 Å². The molecule has 0 fully saturated rings. The van der Waals surface area contributed by atoms with Gasteiger partial charge in [-0.1, -0.05) is 0 Å². The van der Waals surface area contributed by atoms with E-state index in [4.69, 9.17) is 14.7 Å². The molecule has 0 saturated carbocycles. The summed E-state index contributed by atoms with van der Waals surface area (Å²) in [6.07, 6.45) is 1.56. The van der Waals surface area contributed by atoms with E-state index in [1.165, 1.54) is 7.11 Å². The van der Waals surface area contributed by atoms with Crippen LogP contribution in [-0.4, -0.2) is 19.2 Å². The van der Waals surface area contributed by atoms with Gasteiger partial charge >= 0.3 is 0 Å². The molecule has 1 aromatic heterocycles. The fourth-order valence-corrected chi connectivity index (χ4v) is 1.89. The van der Waals surface area contributed by atoms with Crippen LogP contribution < -0.4 is 9.47 Å². The van der Waals surface area contributed by atoms with Crippen molar-refractivity contribution in [3.63, 3.8) is 0 Å². The zero-order chi connectivity index (χ0) is 13.8. The van der Waals surface area contributed by atoms with Gasteiger partial charge < -0.3 is 9.47 Å². The first kappa shape index (κ1) is 12.9. The zero-order valence-corrected chi connectivity index (χ0v) is 11.1. The lowest BCUT2D eigenvalue weighted by Gasteiger charge is -2.08. The van der Waals surface area contributed by atoms with Crippen LogP contribution in [0.5, 0.6) is 11.5 Å². The summed E-state index contributed by atoms with van der Waals surface area (Å²) in [5.41, 5.74) is 3.18. The van der Waals surface area contributed by atoms with Gasteiger partial charge in [-0.2, -0.15) is 5.26 Å². The van der Waals surface area contributed by atoms with Crippen LogP contribution in [0.25, 0.3) is 11.3 Å². The number of pyridine rings is 1. The molecule has 2 rings (SSSR count). The summed E-state index contributed by atoms with van der Waals surface area (Å²) >= 11 is 0. The van der Waals surface area contributed by atoms with Crippen molar-refractivity contribution >= 4 is 0 Å². The molecular formula is C15H14N2O2. The predicted molar refractivity (Wildman–Crippen MR) is 72.2 cm³/mol. The Bertz CT molecular complexity index is 645. The summed E-state index contributed by atoms with van der Waals surface area (Å²) in [7, 11) is 3.16. The maximum absolute atomic E-state index is 9.08. The Morgan fingerprint density at radius 1 is 1.11 bits per heavy atom. The molecule has 4 heteroatoms. The van der Waals surface area contributed by atoms with Gasteiger partial charge in [-0.15, -0.1) is 0 Å².